The predicted octanol–water partition coefficient (Wildman–Crippen LogP) is 6.71. The fourth-order valence-corrected chi connectivity index (χ4v) is 3.93. The van der Waals surface area contributed by atoms with E-state index in [0.717, 1.165) is 10.0 Å². The molecule has 0 saturated carbocycles. The fourth-order valence-electron chi connectivity index (χ4n) is 3.32. The lowest BCUT2D eigenvalue weighted by Crippen LogP contribution is -2.29. The van der Waals surface area contributed by atoms with Gasteiger partial charge in [-0.3, -0.25) is 4.79 Å². The maximum Gasteiger partial charge on any atom is 0.282 e. The van der Waals surface area contributed by atoms with Crippen molar-refractivity contribution in [1.82, 2.24) is 9.66 Å². The van der Waals surface area contributed by atoms with Crippen molar-refractivity contribution in [3.05, 3.63) is 103 Å². The summed E-state index contributed by atoms with van der Waals surface area (Å²) in [6, 6.07) is 16.7. The summed E-state index contributed by atoms with van der Waals surface area (Å²) in [5.74, 6) is 0.746. The van der Waals surface area contributed by atoms with E-state index in [4.69, 9.17) is 21.3 Å². The Hall–Kier alpha value is -3.03. The largest absolute Gasteiger partial charge is 0.487 e. The maximum atomic E-state index is 13.3. The molecule has 0 aliphatic rings. The number of ether oxygens (including phenoxy) is 1. The molecule has 1 aromatic heterocycles. The molecule has 0 unspecified atom stereocenters. The smallest absolute Gasteiger partial charge is 0.282 e. The van der Waals surface area contributed by atoms with E-state index in [1.54, 1.807) is 42.6 Å². The molecule has 4 aromatic rings. The Labute approximate surface area is 210 Å². The van der Waals surface area contributed by atoms with Crippen molar-refractivity contribution in [1.29, 1.82) is 0 Å². The SMILES string of the molecule is CC(C)(C)c1nc2ccc(Br)cc2c(=O)n1N=Cc1ccc(OCc2ccc(F)cc2)c(Cl)c1. The molecule has 0 aliphatic heterocycles. The molecule has 8 heteroatoms. The normalized spacial score (nSPS) is 11.9. The molecule has 5 nitrogen and oxygen atoms in total. The van der Waals surface area contributed by atoms with Gasteiger partial charge in [0.2, 0.25) is 0 Å². The summed E-state index contributed by atoms with van der Waals surface area (Å²) in [7, 11) is 0. The molecule has 0 N–H and O–H groups in total. The average molecular weight is 543 g/mol. The monoisotopic (exact) mass is 541 g/mol. The van der Waals surface area contributed by atoms with Gasteiger partial charge in [-0.2, -0.15) is 9.78 Å². The second-order valence-corrected chi connectivity index (χ2v) is 10.1. The van der Waals surface area contributed by atoms with Crippen molar-refractivity contribution < 1.29 is 9.13 Å². The fraction of sp³-hybridized carbons (Fsp3) is 0.192. The molecule has 0 amide bonds. The van der Waals surface area contributed by atoms with Crippen LogP contribution in [0, 0.1) is 5.82 Å². The van der Waals surface area contributed by atoms with Crippen LogP contribution in [0.2, 0.25) is 5.02 Å². The van der Waals surface area contributed by atoms with Crippen molar-refractivity contribution >= 4 is 44.6 Å². The summed E-state index contributed by atoms with van der Waals surface area (Å²) in [5.41, 5.74) is 1.48. The molecule has 1 heterocycles. The molecule has 34 heavy (non-hydrogen) atoms. The Balaban J connectivity index is 1.63. The molecular weight excluding hydrogens is 521 g/mol. The molecule has 0 saturated heterocycles. The van der Waals surface area contributed by atoms with Crippen molar-refractivity contribution in [3.8, 4) is 5.75 Å². The first-order valence-electron chi connectivity index (χ1n) is 10.6. The summed E-state index contributed by atoms with van der Waals surface area (Å²) in [6.07, 6.45) is 1.57. The molecule has 0 atom stereocenters. The van der Waals surface area contributed by atoms with Crippen LogP contribution >= 0.6 is 27.5 Å². The molecule has 3 aromatic carbocycles. The maximum absolute atomic E-state index is 13.3. The number of fused-ring (bicyclic) bond motifs is 1. The number of nitrogens with zero attached hydrogens (tertiary/aromatic N) is 3. The Bertz CT molecular complexity index is 1440. The lowest BCUT2D eigenvalue weighted by Gasteiger charge is -2.20. The van der Waals surface area contributed by atoms with Crippen molar-refractivity contribution in [2.75, 3.05) is 0 Å². The van der Waals surface area contributed by atoms with E-state index in [1.165, 1.54) is 16.8 Å². The predicted molar refractivity (Wildman–Crippen MR) is 138 cm³/mol. The van der Waals surface area contributed by atoms with Crippen LogP contribution in [0.5, 0.6) is 5.75 Å². The van der Waals surface area contributed by atoms with Gasteiger partial charge < -0.3 is 4.74 Å². The molecule has 0 radical (unpaired) electrons. The third-order valence-corrected chi connectivity index (χ3v) is 5.85. The third-order valence-electron chi connectivity index (χ3n) is 5.06. The quantitative estimate of drug-likeness (QED) is 0.263. The van der Waals surface area contributed by atoms with E-state index in [-0.39, 0.29) is 18.0 Å². The number of hydrogen-bond donors (Lipinski definition) is 0. The van der Waals surface area contributed by atoms with Gasteiger partial charge in [0, 0.05) is 9.89 Å². The number of halogens is 3. The summed E-state index contributed by atoms with van der Waals surface area (Å²) in [5, 5.41) is 5.33. The molecule has 0 aliphatic carbocycles. The van der Waals surface area contributed by atoms with Crippen molar-refractivity contribution in [3.63, 3.8) is 0 Å². The Morgan fingerprint density at radius 1 is 1.12 bits per heavy atom. The lowest BCUT2D eigenvalue weighted by atomic mass is 9.95. The van der Waals surface area contributed by atoms with E-state index in [0.29, 0.717) is 33.1 Å². The highest BCUT2D eigenvalue weighted by Crippen LogP contribution is 2.26. The van der Waals surface area contributed by atoms with E-state index >= 15 is 0 Å². The first kappa shape index (κ1) is 24.1. The van der Waals surface area contributed by atoms with E-state index < -0.39 is 5.41 Å². The molecular formula is C26H22BrClFN3O2. The molecule has 174 valence electrons. The van der Waals surface area contributed by atoms with Gasteiger partial charge in [-0.25, -0.2) is 9.37 Å². The van der Waals surface area contributed by atoms with Gasteiger partial charge in [-0.1, -0.05) is 60.4 Å². The number of aromatic nitrogens is 2. The van der Waals surface area contributed by atoms with Crippen molar-refractivity contribution in [2.24, 2.45) is 5.10 Å². The average Bonchev–Trinajstić information content (AvgIpc) is 2.78. The highest BCUT2D eigenvalue weighted by Gasteiger charge is 2.22. The molecule has 0 spiro atoms. The first-order chi connectivity index (χ1) is 16.1. The summed E-state index contributed by atoms with van der Waals surface area (Å²) >= 11 is 9.81. The van der Waals surface area contributed by atoms with Crippen LogP contribution in [-0.4, -0.2) is 15.9 Å². The zero-order chi connectivity index (χ0) is 24.5. The highest BCUT2D eigenvalue weighted by molar-refractivity contribution is 9.10. The summed E-state index contributed by atoms with van der Waals surface area (Å²) in [6.45, 7) is 6.21. The first-order valence-corrected chi connectivity index (χ1v) is 11.7. The van der Waals surface area contributed by atoms with Crippen LogP contribution < -0.4 is 10.3 Å². The minimum Gasteiger partial charge on any atom is -0.487 e. The molecule has 0 fully saturated rings. The van der Waals surface area contributed by atoms with Crippen LogP contribution in [0.4, 0.5) is 4.39 Å². The van der Waals surface area contributed by atoms with Gasteiger partial charge in [0.1, 0.15) is 24.0 Å². The standard InChI is InChI=1S/C26H22BrClFN3O2/c1-26(2,3)25-31-22-10-7-18(27)13-20(22)24(33)32(25)30-14-17-6-11-23(21(28)12-17)34-15-16-4-8-19(29)9-5-16/h4-14H,15H2,1-3H3. The lowest BCUT2D eigenvalue weighted by molar-refractivity contribution is 0.306. The van der Waals surface area contributed by atoms with E-state index in [2.05, 4.69) is 21.0 Å². The number of hydrogen-bond acceptors (Lipinski definition) is 4. The third kappa shape index (κ3) is 5.37. The van der Waals surface area contributed by atoms with Crippen molar-refractivity contribution in [2.45, 2.75) is 32.8 Å². The number of benzene rings is 3. The molecule has 0 bridgehead atoms. The van der Waals surface area contributed by atoms with Gasteiger partial charge in [-0.15, -0.1) is 0 Å². The minimum atomic E-state index is -0.409. The van der Waals surface area contributed by atoms with Gasteiger partial charge in [0.15, 0.2) is 0 Å². The van der Waals surface area contributed by atoms with Crippen LogP contribution in [0.15, 0.2) is 75.0 Å². The second-order valence-electron chi connectivity index (χ2n) is 8.81. The van der Waals surface area contributed by atoms with Gasteiger partial charge in [0.25, 0.3) is 5.56 Å². The van der Waals surface area contributed by atoms with Crippen LogP contribution in [-0.2, 0) is 12.0 Å². The number of rotatable bonds is 5. The van der Waals surface area contributed by atoms with Gasteiger partial charge in [-0.05, 0) is 59.7 Å². The van der Waals surface area contributed by atoms with Gasteiger partial charge in [0.05, 0.1) is 22.1 Å². The minimum absolute atomic E-state index is 0.252. The second kappa shape index (κ2) is 9.68. The molecule has 4 rings (SSSR count). The van der Waals surface area contributed by atoms with E-state index in [1.807, 2.05) is 32.9 Å². The topological polar surface area (TPSA) is 56.5 Å². The Morgan fingerprint density at radius 3 is 2.53 bits per heavy atom. The summed E-state index contributed by atoms with van der Waals surface area (Å²) in [4.78, 5) is 18.0. The van der Waals surface area contributed by atoms with Gasteiger partial charge >= 0.3 is 0 Å². The van der Waals surface area contributed by atoms with Crippen LogP contribution in [0.3, 0.4) is 0 Å². The van der Waals surface area contributed by atoms with Crippen LogP contribution in [0.25, 0.3) is 10.9 Å². The Morgan fingerprint density at radius 2 is 1.85 bits per heavy atom. The summed E-state index contributed by atoms with van der Waals surface area (Å²) < 4.78 is 20.9. The highest BCUT2D eigenvalue weighted by atomic mass is 79.9. The zero-order valence-corrected chi connectivity index (χ0v) is 21.2. The van der Waals surface area contributed by atoms with Crippen LogP contribution in [0.1, 0.15) is 37.7 Å². The Kier molecular flexibility index (Phi) is 6.86. The van der Waals surface area contributed by atoms with E-state index in [9.17, 15) is 9.18 Å². The zero-order valence-electron chi connectivity index (χ0n) is 18.8.